The van der Waals surface area contributed by atoms with Crippen molar-refractivity contribution in [3.8, 4) is 0 Å². The van der Waals surface area contributed by atoms with Gasteiger partial charge in [0.1, 0.15) is 0 Å². The van der Waals surface area contributed by atoms with Crippen molar-refractivity contribution in [2.24, 2.45) is 5.92 Å². The van der Waals surface area contributed by atoms with E-state index in [4.69, 9.17) is 0 Å². The van der Waals surface area contributed by atoms with Crippen LogP contribution in [-0.2, 0) is 0 Å². The molecule has 1 saturated heterocycles. The van der Waals surface area contributed by atoms with Gasteiger partial charge in [-0.05, 0) is 18.8 Å². The van der Waals surface area contributed by atoms with E-state index < -0.39 is 12.0 Å². The molecule has 2 nitrogen and oxygen atoms in total. The van der Waals surface area contributed by atoms with Gasteiger partial charge < -0.3 is 5.11 Å². The summed E-state index contributed by atoms with van der Waals surface area (Å²) in [4.78, 5) is 1.61. The second kappa shape index (κ2) is 2.64. The molecule has 2 rings (SSSR count). The molecule has 0 spiro atoms. The van der Waals surface area contributed by atoms with Crippen molar-refractivity contribution in [1.82, 2.24) is 4.90 Å². The van der Waals surface area contributed by atoms with Crippen LogP contribution in [0, 0.1) is 5.92 Å². The molecule has 12 heavy (non-hydrogen) atoms. The number of rotatable bonds is 3. The van der Waals surface area contributed by atoms with Crippen LogP contribution in [0.5, 0.6) is 0 Å². The molecule has 1 N–H and O–H groups in total. The zero-order valence-corrected chi connectivity index (χ0v) is 6.84. The summed E-state index contributed by atoms with van der Waals surface area (Å²) in [6.45, 7) is 0.707. The van der Waals surface area contributed by atoms with E-state index in [1.165, 1.54) is 0 Å². The lowest BCUT2D eigenvalue weighted by Crippen LogP contribution is -2.63. The average molecular weight is 177 g/mol. The Morgan fingerprint density at radius 1 is 1.42 bits per heavy atom. The molecule has 0 bridgehead atoms. The number of hydrogen-bond acceptors (Lipinski definition) is 2. The lowest BCUT2D eigenvalue weighted by Gasteiger charge is -2.46. The van der Waals surface area contributed by atoms with Gasteiger partial charge in [0.2, 0.25) is 0 Å². The molecule has 0 amide bonds. The minimum absolute atomic E-state index is 0.185. The van der Waals surface area contributed by atoms with E-state index in [1.54, 1.807) is 4.90 Å². The Balaban J connectivity index is 1.75. The first-order valence-corrected chi connectivity index (χ1v) is 4.33. The fourth-order valence-electron chi connectivity index (χ4n) is 1.93. The third-order valence-corrected chi connectivity index (χ3v) is 2.73. The van der Waals surface area contributed by atoms with E-state index in [1.807, 2.05) is 0 Å². The highest BCUT2D eigenvalue weighted by Crippen LogP contribution is 2.44. The van der Waals surface area contributed by atoms with Crippen LogP contribution in [0.3, 0.4) is 0 Å². The minimum Gasteiger partial charge on any atom is -0.387 e. The fourth-order valence-corrected chi connectivity index (χ4v) is 1.93. The monoisotopic (exact) mass is 177 g/mol. The molecule has 0 radical (unpaired) electrons. The first-order chi connectivity index (χ1) is 5.60. The van der Waals surface area contributed by atoms with Gasteiger partial charge in [-0.1, -0.05) is 0 Å². The maximum Gasteiger partial charge on any atom is 0.251 e. The Hall–Kier alpha value is -0.220. The summed E-state index contributed by atoms with van der Waals surface area (Å²) >= 11 is 0. The van der Waals surface area contributed by atoms with E-state index in [0.29, 0.717) is 19.0 Å². The van der Waals surface area contributed by atoms with Crippen LogP contribution in [0.2, 0.25) is 0 Å². The quantitative estimate of drug-likeness (QED) is 0.686. The molecule has 1 aliphatic carbocycles. The normalized spacial score (nSPS) is 29.0. The minimum atomic E-state index is -2.27. The van der Waals surface area contributed by atoms with Crippen LogP contribution in [0.25, 0.3) is 0 Å². The van der Waals surface area contributed by atoms with Crippen LogP contribution in [-0.4, -0.2) is 41.7 Å². The lowest BCUT2D eigenvalue weighted by molar-refractivity contribution is -0.125. The highest BCUT2D eigenvalue weighted by atomic mass is 19.3. The number of hydrogen-bond donors (Lipinski definition) is 1. The molecule has 0 aromatic rings. The van der Waals surface area contributed by atoms with Gasteiger partial charge in [-0.3, -0.25) is 4.90 Å². The summed E-state index contributed by atoms with van der Waals surface area (Å²) in [5.74, 6) is 0.395. The molecule has 1 saturated carbocycles. The van der Waals surface area contributed by atoms with Gasteiger partial charge >= 0.3 is 0 Å². The van der Waals surface area contributed by atoms with Crippen molar-refractivity contribution < 1.29 is 13.9 Å². The summed E-state index contributed by atoms with van der Waals surface area (Å²) < 4.78 is 23.7. The van der Waals surface area contributed by atoms with Crippen LogP contribution in [0.4, 0.5) is 8.78 Å². The largest absolute Gasteiger partial charge is 0.387 e. The standard InChI is InChI=1S/C8H13F2NO/c9-7(10)3-11-4-8(12,5-11)6-1-2-6/h6-7,12H,1-5H2. The van der Waals surface area contributed by atoms with Gasteiger partial charge in [0, 0.05) is 13.1 Å². The average Bonchev–Trinajstić information content (AvgIpc) is 2.62. The molecule has 1 heterocycles. The second-order valence-corrected chi connectivity index (χ2v) is 3.94. The van der Waals surface area contributed by atoms with E-state index in [0.717, 1.165) is 12.8 Å². The summed E-state index contributed by atoms with van der Waals surface area (Å²) in [6, 6.07) is 0. The zero-order chi connectivity index (χ0) is 8.77. The zero-order valence-electron chi connectivity index (χ0n) is 6.84. The van der Waals surface area contributed by atoms with Crippen LogP contribution >= 0.6 is 0 Å². The molecule has 2 fully saturated rings. The Morgan fingerprint density at radius 2 is 2.00 bits per heavy atom. The van der Waals surface area contributed by atoms with Gasteiger partial charge in [-0.15, -0.1) is 0 Å². The van der Waals surface area contributed by atoms with E-state index in [9.17, 15) is 13.9 Å². The van der Waals surface area contributed by atoms with Crippen molar-refractivity contribution in [2.75, 3.05) is 19.6 Å². The first kappa shape index (κ1) is 8.38. The Morgan fingerprint density at radius 3 is 2.42 bits per heavy atom. The summed E-state index contributed by atoms with van der Waals surface area (Å²) in [7, 11) is 0. The summed E-state index contributed by atoms with van der Waals surface area (Å²) in [5, 5.41) is 9.75. The predicted molar refractivity (Wildman–Crippen MR) is 40.1 cm³/mol. The topological polar surface area (TPSA) is 23.5 Å². The number of nitrogens with zero attached hydrogens (tertiary/aromatic N) is 1. The van der Waals surface area contributed by atoms with Gasteiger partial charge in [-0.2, -0.15) is 0 Å². The molecular weight excluding hydrogens is 164 g/mol. The molecular formula is C8H13F2NO. The third-order valence-electron chi connectivity index (χ3n) is 2.73. The number of aliphatic hydroxyl groups is 1. The maximum absolute atomic E-state index is 11.9. The molecule has 1 aliphatic heterocycles. The summed E-state index contributed by atoms with van der Waals surface area (Å²) in [6.07, 6.45) is -0.133. The highest BCUT2D eigenvalue weighted by Gasteiger charge is 2.51. The van der Waals surface area contributed by atoms with Gasteiger partial charge in [0.25, 0.3) is 6.43 Å². The van der Waals surface area contributed by atoms with Crippen molar-refractivity contribution in [2.45, 2.75) is 24.9 Å². The van der Waals surface area contributed by atoms with E-state index in [2.05, 4.69) is 0 Å². The van der Waals surface area contributed by atoms with Crippen molar-refractivity contribution in [1.29, 1.82) is 0 Å². The second-order valence-electron chi connectivity index (χ2n) is 3.94. The van der Waals surface area contributed by atoms with Crippen LogP contribution in [0.1, 0.15) is 12.8 Å². The SMILES string of the molecule is OC1(C2CC2)CN(CC(F)F)C1. The maximum atomic E-state index is 11.9. The third kappa shape index (κ3) is 1.45. The van der Waals surface area contributed by atoms with Gasteiger partial charge in [-0.25, -0.2) is 8.78 Å². The molecule has 0 unspecified atom stereocenters. The first-order valence-electron chi connectivity index (χ1n) is 4.33. The van der Waals surface area contributed by atoms with Crippen molar-refractivity contribution >= 4 is 0 Å². The highest BCUT2D eigenvalue weighted by molar-refractivity contribution is 5.05. The fraction of sp³-hybridized carbons (Fsp3) is 1.00. The number of β-amino-alcohol motifs (C(OH)–C–C–N with tert-alkyl or cyclic N) is 1. The van der Waals surface area contributed by atoms with Gasteiger partial charge in [0.15, 0.2) is 0 Å². The van der Waals surface area contributed by atoms with Gasteiger partial charge in [0.05, 0.1) is 12.1 Å². The summed E-state index contributed by atoms with van der Waals surface area (Å²) in [5.41, 5.74) is -0.616. The molecule has 4 heteroatoms. The molecule has 2 aliphatic rings. The van der Waals surface area contributed by atoms with Crippen molar-refractivity contribution in [3.63, 3.8) is 0 Å². The van der Waals surface area contributed by atoms with Crippen molar-refractivity contribution in [3.05, 3.63) is 0 Å². The van der Waals surface area contributed by atoms with E-state index in [-0.39, 0.29) is 6.54 Å². The molecule has 0 atom stereocenters. The smallest absolute Gasteiger partial charge is 0.251 e. The van der Waals surface area contributed by atoms with Crippen LogP contribution < -0.4 is 0 Å². The molecule has 0 aromatic heterocycles. The number of likely N-dealkylation sites (tertiary alicyclic amines) is 1. The number of halogens is 2. The number of alkyl halides is 2. The Bertz CT molecular complexity index is 176. The molecule has 70 valence electrons. The Labute approximate surface area is 70.2 Å². The van der Waals surface area contributed by atoms with E-state index >= 15 is 0 Å². The van der Waals surface area contributed by atoms with Crippen LogP contribution in [0.15, 0.2) is 0 Å². The lowest BCUT2D eigenvalue weighted by atomic mass is 9.89. The Kier molecular flexibility index (Phi) is 1.84. The predicted octanol–water partition coefficient (Wildman–Crippen LogP) is 0.708. The molecule has 0 aromatic carbocycles.